The molecule has 1 heterocycles. The van der Waals surface area contributed by atoms with E-state index in [9.17, 15) is 14.7 Å². The van der Waals surface area contributed by atoms with E-state index in [1.54, 1.807) is 20.0 Å². The van der Waals surface area contributed by atoms with E-state index in [1.165, 1.54) is 16.4 Å². The molecule has 7 heteroatoms. The monoisotopic (exact) mass is 279 g/mol. The molecule has 0 radical (unpaired) electrons. The minimum Gasteiger partial charge on any atom is -0.389 e. The average Bonchev–Trinajstić information content (AvgIpc) is 2.36. The number of aliphatic hydroxyl groups is 1. The number of aromatic amines is 1. The van der Waals surface area contributed by atoms with Gasteiger partial charge < -0.3 is 5.11 Å². The van der Waals surface area contributed by atoms with E-state index < -0.39 is 17.2 Å². The van der Waals surface area contributed by atoms with Crippen LogP contribution in [0.4, 0.5) is 0 Å². The first kappa shape index (κ1) is 13.6. The predicted molar refractivity (Wildman–Crippen MR) is 71.3 cm³/mol. The van der Waals surface area contributed by atoms with Crippen molar-refractivity contribution in [3.8, 4) is 0 Å². The highest BCUT2D eigenvalue weighted by Crippen LogP contribution is 2.30. The number of aromatic nitrogens is 3. The number of aryl methyl sites for hydroxylation is 1. The molecule has 0 fully saturated rings. The number of hydrogen-bond donors (Lipinski definition) is 2. The minimum atomic E-state index is -0.824. The van der Waals surface area contributed by atoms with Gasteiger partial charge in [0.05, 0.1) is 6.10 Å². The van der Waals surface area contributed by atoms with Gasteiger partial charge in [-0.15, -0.1) is 0 Å². The van der Waals surface area contributed by atoms with E-state index in [1.807, 2.05) is 18.2 Å². The third-order valence-electron chi connectivity index (χ3n) is 2.52. The summed E-state index contributed by atoms with van der Waals surface area (Å²) >= 11 is 1.21. The Kier molecular flexibility index (Phi) is 3.87. The van der Waals surface area contributed by atoms with Crippen LogP contribution in [0.3, 0.4) is 0 Å². The molecule has 0 saturated carbocycles. The van der Waals surface area contributed by atoms with Gasteiger partial charge in [0.2, 0.25) is 0 Å². The molecule has 2 rings (SSSR count). The van der Waals surface area contributed by atoms with Crippen molar-refractivity contribution in [2.24, 2.45) is 7.05 Å². The van der Waals surface area contributed by atoms with E-state index in [2.05, 4.69) is 10.1 Å². The zero-order valence-corrected chi connectivity index (χ0v) is 11.3. The molecule has 6 nitrogen and oxygen atoms in total. The van der Waals surface area contributed by atoms with Gasteiger partial charge in [-0.1, -0.05) is 18.2 Å². The number of nitrogens with zero attached hydrogens (tertiary/aromatic N) is 2. The van der Waals surface area contributed by atoms with Crippen molar-refractivity contribution in [3.63, 3.8) is 0 Å². The lowest BCUT2D eigenvalue weighted by Crippen LogP contribution is -2.33. The van der Waals surface area contributed by atoms with Crippen LogP contribution in [0.15, 0.2) is 43.9 Å². The molecule has 2 N–H and O–H groups in total. The molecule has 0 aliphatic rings. The molecule has 0 unspecified atom stereocenters. The van der Waals surface area contributed by atoms with Crippen LogP contribution in [0.25, 0.3) is 0 Å². The smallest absolute Gasteiger partial charge is 0.339 e. The lowest BCUT2D eigenvalue weighted by Gasteiger charge is -2.12. The molecular weight excluding hydrogens is 266 g/mol. The number of benzene rings is 1. The molecule has 1 aromatic heterocycles. The Hall–Kier alpha value is -1.86. The fourth-order valence-corrected chi connectivity index (χ4v) is 2.58. The van der Waals surface area contributed by atoms with Crippen LogP contribution < -0.4 is 11.1 Å². The molecule has 19 heavy (non-hydrogen) atoms. The fourth-order valence-electron chi connectivity index (χ4n) is 1.57. The third kappa shape index (κ3) is 2.94. The second-order valence-corrected chi connectivity index (χ2v) is 5.02. The van der Waals surface area contributed by atoms with Gasteiger partial charge in [-0.2, -0.15) is 4.98 Å². The van der Waals surface area contributed by atoms with Gasteiger partial charge in [-0.05, 0) is 30.3 Å². The van der Waals surface area contributed by atoms with Crippen LogP contribution in [0.5, 0.6) is 0 Å². The highest BCUT2D eigenvalue weighted by Gasteiger charge is 2.11. The molecule has 0 spiro atoms. The molecule has 1 atom stereocenters. The van der Waals surface area contributed by atoms with E-state index >= 15 is 0 Å². The zero-order chi connectivity index (χ0) is 14.0. The summed E-state index contributed by atoms with van der Waals surface area (Å²) in [4.78, 5) is 26.9. The standard InChI is InChI=1S/C12H13N3O3S/c1-7(16)8-5-3-4-6-9(8)19-12-13-10(17)11(18)14-15(12)2/h3-7,16H,1-2H3,(H,14,18)/t7-/m0/s1. The normalized spacial score (nSPS) is 12.4. The van der Waals surface area contributed by atoms with Crippen molar-refractivity contribution in [1.82, 2.24) is 14.8 Å². The maximum atomic E-state index is 11.3. The first-order valence-electron chi connectivity index (χ1n) is 5.61. The van der Waals surface area contributed by atoms with Gasteiger partial charge in [0.25, 0.3) is 0 Å². The molecule has 0 bridgehead atoms. The van der Waals surface area contributed by atoms with E-state index in [0.717, 1.165) is 10.5 Å². The highest BCUT2D eigenvalue weighted by atomic mass is 32.2. The summed E-state index contributed by atoms with van der Waals surface area (Å²) in [5.74, 6) is 0. The van der Waals surface area contributed by atoms with Gasteiger partial charge in [0.15, 0.2) is 5.16 Å². The fraction of sp³-hybridized carbons (Fsp3) is 0.250. The summed E-state index contributed by atoms with van der Waals surface area (Å²) in [6.07, 6.45) is -0.622. The van der Waals surface area contributed by atoms with Crippen molar-refractivity contribution in [2.45, 2.75) is 23.1 Å². The van der Waals surface area contributed by atoms with Crippen LogP contribution in [0.1, 0.15) is 18.6 Å². The van der Waals surface area contributed by atoms with Gasteiger partial charge in [-0.3, -0.25) is 19.4 Å². The first-order valence-corrected chi connectivity index (χ1v) is 6.43. The summed E-state index contributed by atoms with van der Waals surface area (Å²) in [5, 5.41) is 12.4. The lowest BCUT2D eigenvalue weighted by molar-refractivity contribution is 0.196. The van der Waals surface area contributed by atoms with Crippen molar-refractivity contribution >= 4 is 11.8 Å². The van der Waals surface area contributed by atoms with Gasteiger partial charge in [0, 0.05) is 11.9 Å². The predicted octanol–water partition coefficient (Wildman–Crippen LogP) is 0.673. The van der Waals surface area contributed by atoms with Crippen LogP contribution in [-0.4, -0.2) is 19.9 Å². The maximum absolute atomic E-state index is 11.3. The number of rotatable bonds is 3. The Morgan fingerprint density at radius 1 is 1.37 bits per heavy atom. The summed E-state index contributed by atoms with van der Waals surface area (Å²) in [5.41, 5.74) is -0.835. The number of aliphatic hydroxyl groups excluding tert-OH is 1. The molecule has 2 aromatic rings. The Labute approximate surface area is 113 Å². The van der Waals surface area contributed by atoms with Crippen LogP contribution in [0.2, 0.25) is 0 Å². The molecule has 0 saturated heterocycles. The van der Waals surface area contributed by atoms with Crippen molar-refractivity contribution in [3.05, 3.63) is 50.5 Å². The molecular formula is C12H13N3O3S. The van der Waals surface area contributed by atoms with Crippen LogP contribution >= 0.6 is 11.8 Å². The largest absolute Gasteiger partial charge is 0.389 e. The number of H-pyrrole nitrogens is 1. The maximum Gasteiger partial charge on any atom is 0.339 e. The topological polar surface area (TPSA) is 88.0 Å². The minimum absolute atomic E-state index is 0.359. The molecule has 1 aromatic carbocycles. The summed E-state index contributed by atoms with van der Waals surface area (Å²) < 4.78 is 1.38. The quantitative estimate of drug-likeness (QED) is 0.806. The Morgan fingerprint density at radius 3 is 2.74 bits per heavy atom. The molecule has 0 amide bonds. The number of nitrogens with one attached hydrogen (secondary N) is 1. The van der Waals surface area contributed by atoms with Crippen molar-refractivity contribution in [2.75, 3.05) is 0 Å². The van der Waals surface area contributed by atoms with Crippen LogP contribution in [0, 0.1) is 0 Å². The third-order valence-corrected chi connectivity index (χ3v) is 3.66. The Bertz CT molecular complexity index is 706. The van der Waals surface area contributed by atoms with E-state index in [0.29, 0.717) is 5.16 Å². The Morgan fingerprint density at radius 2 is 2.05 bits per heavy atom. The van der Waals surface area contributed by atoms with Gasteiger partial charge in [-0.25, -0.2) is 0 Å². The first-order chi connectivity index (χ1) is 8.99. The van der Waals surface area contributed by atoms with E-state index in [4.69, 9.17) is 0 Å². The average molecular weight is 279 g/mol. The van der Waals surface area contributed by atoms with Gasteiger partial charge >= 0.3 is 11.1 Å². The molecule has 100 valence electrons. The molecule has 0 aliphatic heterocycles. The lowest BCUT2D eigenvalue weighted by atomic mass is 10.1. The summed E-state index contributed by atoms with van der Waals surface area (Å²) in [6.45, 7) is 1.67. The van der Waals surface area contributed by atoms with Crippen molar-refractivity contribution in [1.29, 1.82) is 0 Å². The van der Waals surface area contributed by atoms with Gasteiger partial charge in [0.1, 0.15) is 0 Å². The summed E-state index contributed by atoms with van der Waals surface area (Å²) in [7, 11) is 1.60. The van der Waals surface area contributed by atoms with Crippen molar-refractivity contribution < 1.29 is 5.11 Å². The van der Waals surface area contributed by atoms with Crippen LogP contribution in [-0.2, 0) is 7.05 Å². The highest BCUT2D eigenvalue weighted by molar-refractivity contribution is 7.99. The molecule has 0 aliphatic carbocycles. The Balaban J connectivity index is 2.45. The van der Waals surface area contributed by atoms with E-state index in [-0.39, 0.29) is 0 Å². The summed E-state index contributed by atoms with van der Waals surface area (Å²) in [6, 6.07) is 7.28. The SMILES string of the molecule is C[C@H](O)c1ccccc1Sc1nc(=O)c(=O)[nH]n1C. The second kappa shape index (κ2) is 5.41. The second-order valence-electron chi connectivity index (χ2n) is 4.02. The number of hydrogen-bond acceptors (Lipinski definition) is 5. The zero-order valence-electron chi connectivity index (χ0n) is 10.5.